The number of rotatable bonds is 15. The predicted octanol–water partition coefficient (Wildman–Crippen LogP) is 3.76. The second kappa shape index (κ2) is 15.7. The highest BCUT2D eigenvalue weighted by atomic mass is 32.2. The molecule has 2 N–H and O–H groups in total. The van der Waals surface area contributed by atoms with Gasteiger partial charge in [-0.2, -0.15) is 5.26 Å². The molecule has 0 radical (unpaired) electrons. The standard InChI is InChI=1S/C30H37N5O4S/c1-4-16-39-30(38)23(19-31)17-28-35(5-2)29(37)26(40-28)20-32-24-12-9-13-25(18-24)33-27(36)21-34(3)15-14-22-10-7-6-8-11-22/h4,6-13,18,23,26,28,32H,1,5,14-17,20-21H2,2-3H3,(H,33,36). The van der Waals surface area contributed by atoms with Crippen LogP contribution in [0.25, 0.3) is 0 Å². The van der Waals surface area contributed by atoms with E-state index in [1.54, 1.807) is 4.90 Å². The molecule has 0 aliphatic carbocycles. The van der Waals surface area contributed by atoms with Crippen molar-refractivity contribution in [1.29, 1.82) is 5.26 Å². The Hall–Kier alpha value is -3.81. The number of benzene rings is 2. The quantitative estimate of drug-likeness (QED) is 0.249. The van der Waals surface area contributed by atoms with Crippen LogP contribution in [0.15, 0.2) is 67.3 Å². The summed E-state index contributed by atoms with van der Waals surface area (Å²) in [6.07, 6.45) is 2.52. The first-order valence-electron chi connectivity index (χ1n) is 13.3. The van der Waals surface area contributed by atoms with Crippen molar-refractivity contribution in [3.05, 3.63) is 72.8 Å². The van der Waals surface area contributed by atoms with E-state index in [0.29, 0.717) is 18.8 Å². The molecule has 3 atom stereocenters. The third-order valence-electron chi connectivity index (χ3n) is 6.47. The number of ether oxygens (including phenoxy) is 1. The summed E-state index contributed by atoms with van der Waals surface area (Å²) in [5.41, 5.74) is 2.68. The average molecular weight is 564 g/mol. The van der Waals surface area contributed by atoms with Crippen LogP contribution in [0.4, 0.5) is 11.4 Å². The molecule has 0 saturated carbocycles. The number of nitrogens with one attached hydrogen (secondary N) is 2. The number of hydrogen-bond donors (Lipinski definition) is 2. The molecule has 9 nitrogen and oxygen atoms in total. The van der Waals surface area contributed by atoms with Crippen molar-refractivity contribution in [3.63, 3.8) is 0 Å². The minimum atomic E-state index is -0.955. The Kier molecular flexibility index (Phi) is 12.1. The van der Waals surface area contributed by atoms with Gasteiger partial charge in [0.15, 0.2) is 0 Å². The van der Waals surface area contributed by atoms with Crippen molar-refractivity contribution >= 4 is 40.9 Å². The molecule has 2 amide bonds. The SMILES string of the molecule is C=CCOC(=O)C(C#N)CC1SC(CNc2cccc(NC(=O)CN(C)CCc3ccccc3)c2)C(=O)N1CC. The summed E-state index contributed by atoms with van der Waals surface area (Å²) < 4.78 is 5.04. The fourth-order valence-electron chi connectivity index (χ4n) is 4.38. The third kappa shape index (κ3) is 9.14. The first-order valence-corrected chi connectivity index (χ1v) is 14.3. The topological polar surface area (TPSA) is 115 Å². The molecule has 2 aromatic rings. The maximum Gasteiger partial charge on any atom is 0.323 e. The van der Waals surface area contributed by atoms with Crippen molar-refractivity contribution in [3.8, 4) is 6.07 Å². The van der Waals surface area contributed by atoms with Crippen molar-refractivity contribution in [2.24, 2.45) is 5.92 Å². The second-order valence-electron chi connectivity index (χ2n) is 9.52. The van der Waals surface area contributed by atoms with Gasteiger partial charge in [-0.25, -0.2) is 0 Å². The molecule has 1 saturated heterocycles. The number of amides is 2. The lowest BCUT2D eigenvalue weighted by Crippen LogP contribution is -2.37. The van der Waals surface area contributed by atoms with Gasteiger partial charge in [0.2, 0.25) is 11.8 Å². The summed E-state index contributed by atoms with van der Waals surface area (Å²) in [5.74, 6) is -1.70. The number of hydrogen-bond acceptors (Lipinski definition) is 8. The van der Waals surface area contributed by atoms with Crippen LogP contribution >= 0.6 is 11.8 Å². The van der Waals surface area contributed by atoms with E-state index >= 15 is 0 Å². The Bertz CT molecular complexity index is 1200. The van der Waals surface area contributed by atoms with Crippen molar-refractivity contribution < 1.29 is 19.1 Å². The van der Waals surface area contributed by atoms with E-state index in [0.717, 1.165) is 18.7 Å². The van der Waals surface area contributed by atoms with E-state index in [1.807, 2.05) is 67.4 Å². The number of carbonyl (C=O) groups is 3. The highest BCUT2D eigenvalue weighted by Gasteiger charge is 2.41. The Morgan fingerprint density at radius 1 is 1.23 bits per heavy atom. The molecule has 0 aromatic heterocycles. The van der Waals surface area contributed by atoms with E-state index in [2.05, 4.69) is 29.3 Å². The summed E-state index contributed by atoms with van der Waals surface area (Å²) in [6.45, 7) is 7.33. The van der Waals surface area contributed by atoms with E-state index in [-0.39, 0.29) is 42.0 Å². The van der Waals surface area contributed by atoms with Crippen LogP contribution in [0.1, 0.15) is 18.9 Å². The van der Waals surface area contributed by atoms with Gasteiger partial charge in [-0.15, -0.1) is 11.8 Å². The van der Waals surface area contributed by atoms with Crippen LogP contribution in [0.2, 0.25) is 0 Å². The van der Waals surface area contributed by atoms with Crippen molar-refractivity contribution in [1.82, 2.24) is 9.80 Å². The summed E-state index contributed by atoms with van der Waals surface area (Å²) >= 11 is 1.44. The Balaban J connectivity index is 1.50. The molecule has 10 heteroatoms. The largest absolute Gasteiger partial charge is 0.460 e. The number of likely N-dealkylation sites (N-methyl/N-ethyl adjacent to an activating group) is 1. The minimum absolute atomic E-state index is 0.0378. The van der Waals surface area contributed by atoms with Crippen molar-refractivity contribution in [2.45, 2.75) is 30.4 Å². The molecule has 2 aromatic carbocycles. The van der Waals surface area contributed by atoms with Crippen LogP contribution in [0, 0.1) is 17.2 Å². The molecule has 1 aliphatic rings. The monoisotopic (exact) mass is 563 g/mol. The molecule has 3 unspecified atom stereocenters. The maximum absolute atomic E-state index is 13.0. The molecular weight excluding hydrogens is 526 g/mol. The molecule has 1 fully saturated rings. The summed E-state index contributed by atoms with van der Waals surface area (Å²) in [7, 11) is 1.92. The van der Waals surface area contributed by atoms with Crippen molar-refractivity contribution in [2.75, 3.05) is 50.5 Å². The van der Waals surface area contributed by atoms with Gasteiger partial charge in [0.25, 0.3) is 0 Å². The molecule has 0 spiro atoms. The maximum atomic E-state index is 13.0. The number of nitriles is 1. The van der Waals surface area contributed by atoms with Crippen LogP contribution in [-0.2, 0) is 25.5 Å². The van der Waals surface area contributed by atoms with E-state index in [4.69, 9.17) is 4.74 Å². The lowest BCUT2D eigenvalue weighted by molar-refractivity contribution is -0.146. The van der Waals surface area contributed by atoms with Gasteiger partial charge in [0.05, 0.1) is 18.0 Å². The number of carbonyl (C=O) groups excluding carboxylic acids is 3. The third-order valence-corrected chi connectivity index (χ3v) is 7.92. The number of anilines is 2. The fourth-order valence-corrected chi connectivity index (χ4v) is 5.89. The zero-order valence-electron chi connectivity index (χ0n) is 23.0. The van der Waals surface area contributed by atoms with Crippen LogP contribution < -0.4 is 10.6 Å². The van der Waals surface area contributed by atoms with Gasteiger partial charge in [-0.1, -0.05) is 49.1 Å². The first-order chi connectivity index (χ1) is 19.3. The fraction of sp³-hybridized carbons (Fsp3) is 0.400. The van der Waals surface area contributed by atoms with Gasteiger partial charge in [0, 0.05) is 37.4 Å². The summed E-state index contributed by atoms with van der Waals surface area (Å²) in [6, 6.07) is 19.5. The van der Waals surface area contributed by atoms with Gasteiger partial charge in [0.1, 0.15) is 17.8 Å². The number of thioether (sulfide) groups is 1. The van der Waals surface area contributed by atoms with Gasteiger partial charge < -0.3 is 20.3 Å². The second-order valence-corrected chi connectivity index (χ2v) is 10.9. The Morgan fingerprint density at radius 2 is 1.98 bits per heavy atom. The molecule has 40 heavy (non-hydrogen) atoms. The molecule has 1 aliphatic heterocycles. The number of esters is 1. The van der Waals surface area contributed by atoms with Gasteiger partial charge in [-0.05, 0) is 44.2 Å². The lowest BCUT2D eigenvalue weighted by atomic mass is 10.1. The molecule has 1 heterocycles. The zero-order chi connectivity index (χ0) is 28.9. The zero-order valence-corrected chi connectivity index (χ0v) is 23.9. The molecule has 3 rings (SSSR count). The van der Waals surface area contributed by atoms with Gasteiger partial charge in [-0.3, -0.25) is 19.3 Å². The van der Waals surface area contributed by atoms with Crippen LogP contribution in [-0.4, -0.2) is 78.0 Å². The molecule has 0 bridgehead atoms. The Labute approximate surface area is 240 Å². The van der Waals surface area contributed by atoms with E-state index < -0.39 is 11.9 Å². The highest BCUT2D eigenvalue weighted by Crippen LogP contribution is 2.35. The summed E-state index contributed by atoms with van der Waals surface area (Å²) in [4.78, 5) is 41.5. The normalized spacial score (nSPS) is 17.2. The van der Waals surface area contributed by atoms with E-state index in [9.17, 15) is 19.6 Å². The minimum Gasteiger partial charge on any atom is -0.460 e. The number of nitrogens with zero attached hydrogens (tertiary/aromatic N) is 3. The Morgan fingerprint density at radius 3 is 2.67 bits per heavy atom. The highest BCUT2D eigenvalue weighted by molar-refractivity contribution is 8.01. The van der Waals surface area contributed by atoms with Crippen LogP contribution in [0.5, 0.6) is 0 Å². The van der Waals surface area contributed by atoms with E-state index in [1.165, 1.54) is 23.4 Å². The predicted molar refractivity (Wildman–Crippen MR) is 159 cm³/mol. The molecule has 212 valence electrons. The van der Waals surface area contributed by atoms with Gasteiger partial charge >= 0.3 is 5.97 Å². The average Bonchev–Trinajstić information content (AvgIpc) is 3.26. The van der Waals surface area contributed by atoms with Crippen LogP contribution in [0.3, 0.4) is 0 Å². The first kappa shape index (κ1) is 30.7. The smallest absolute Gasteiger partial charge is 0.323 e. The lowest BCUT2D eigenvalue weighted by Gasteiger charge is -2.23. The molecular formula is C30H37N5O4S. The summed E-state index contributed by atoms with van der Waals surface area (Å²) in [5, 5.41) is 15.0.